The molecule has 0 saturated heterocycles. The van der Waals surface area contributed by atoms with Crippen LogP contribution in [0.3, 0.4) is 0 Å². The molecule has 3 aliphatic rings. The molecule has 2 bridgehead atoms. The quantitative estimate of drug-likeness (QED) is 0.217. The van der Waals surface area contributed by atoms with Crippen molar-refractivity contribution in [1.29, 1.82) is 0 Å². The predicted octanol–water partition coefficient (Wildman–Crippen LogP) is 3.51. The van der Waals surface area contributed by atoms with Gasteiger partial charge in [-0.1, -0.05) is 25.4 Å². The van der Waals surface area contributed by atoms with E-state index in [1.54, 1.807) is 4.57 Å². The second-order valence-electron chi connectivity index (χ2n) is 10.2. The van der Waals surface area contributed by atoms with Crippen LogP contribution in [0.25, 0.3) is 21.6 Å². The molecule has 2 heterocycles. The van der Waals surface area contributed by atoms with E-state index in [0.29, 0.717) is 43.8 Å². The molecule has 0 spiro atoms. The molecule has 0 unspecified atom stereocenters. The molecule has 3 fully saturated rings. The van der Waals surface area contributed by atoms with Crippen molar-refractivity contribution in [3.63, 3.8) is 0 Å². The van der Waals surface area contributed by atoms with Crippen LogP contribution in [0, 0.1) is 5.41 Å². The smallest absolute Gasteiger partial charge is 0.332 e. The van der Waals surface area contributed by atoms with Gasteiger partial charge in [-0.3, -0.25) is 18.7 Å². The highest BCUT2D eigenvalue weighted by atomic mass is 16.2. The van der Waals surface area contributed by atoms with Crippen molar-refractivity contribution in [1.82, 2.24) is 24.4 Å². The molecule has 3 saturated carbocycles. The second kappa shape index (κ2) is 10.3. The minimum Gasteiger partial charge on any atom is -0.356 e. The largest absolute Gasteiger partial charge is 0.356 e. The zero-order valence-corrected chi connectivity index (χ0v) is 20.8. The van der Waals surface area contributed by atoms with Crippen LogP contribution in [0.5, 0.6) is 0 Å². The minimum atomic E-state index is -0.358. The van der Waals surface area contributed by atoms with E-state index in [4.69, 9.17) is 10.5 Å². The molecule has 1 amide bonds. The van der Waals surface area contributed by atoms with Gasteiger partial charge in [0, 0.05) is 41.9 Å². The maximum atomic E-state index is 13.2. The maximum absolute atomic E-state index is 13.2. The number of hydrogen-bond acceptors (Lipinski definition) is 5. The number of carbonyl (C=O) groups is 1. The maximum Gasteiger partial charge on any atom is 0.332 e. The number of unbranched alkanes of at least 4 members (excludes halogenated alkanes) is 1. The van der Waals surface area contributed by atoms with Gasteiger partial charge in [-0.05, 0) is 63.3 Å². The summed E-state index contributed by atoms with van der Waals surface area (Å²) in [5.41, 5.74) is 8.12. The number of H-pyrrole nitrogens is 1. The van der Waals surface area contributed by atoms with Crippen molar-refractivity contribution in [2.45, 2.75) is 96.6 Å². The van der Waals surface area contributed by atoms with E-state index >= 15 is 0 Å². The number of carbonyl (C=O) groups excluding carboxylic acids is 1. The standard InChI is InChI=1S/C24H36N8O3/c1-3-5-16-32-19(33)17-18(31(15-4-2)22(32)35)29-20(28-17)23-7-10-24(11-8-23,12-9-23)21(34)26-13-6-14-27-30-25/h3-16H2,1-2H3,(H,26,34)(H,28,29). The molecule has 0 atom stereocenters. The van der Waals surface area contributed by atoms with Crippen LogP contribution >= 0.6 is 0 Å². The van der Waals surface area contributed by atoms with Crippen molar-refractivity contribution in [3.05, 3.63) is 37.1 Å². The third kappa shape index (κ3) is 4.49. The highest BCUT2D eigenvalue weighted by Crippen LogP contribution is 2.57. The van der Waals surface area contributed by atoms with Gasteiger partial charge in [-0.25, -0.2) is 9.78 Å². The van der Waals surface area contributed by atoms with Gasteiger partial charge < -0.3 is 10.3 Å². The summed E-state index contributed by atoms with van der Waals surface area (Å²) in [7, 11) is 0. The van der Waals surface area contributed by atoms with Gasteiger partial charge in [-0.2, -0.15) is 0 Å². The second-order valence-corrected chi connectivity index (χ2v) is 10.2. The molecule has 190 valence electrons. The van der Waals surface area contributed by atoms with Gasteiger partial charge in [0.2, 0.25) is 5.91 Å². The first-order valence-electron chi connectivity index (χ1n) is 12.9. The lowest BCUT2D eigenvalue weighted by Crippen LogP contribution is -2.52. The van der Waals surface area contributed by atoms with E-state index in [1.807, 2.05) is 13.8 Å². The van der Waals surface area contributed by atoms with Crippen molar-refractivity contribution >= 4 is 17.1 Å². The molecule has 11 nitrogen and oxygen atoms in total. The number of aromatic amines is 1. The highest BCUT2D eigenvalue weighted by Gasteiger charge is 2.54. The van der Waals surface area contributed by atoms with Crippen LogP contribution in [0.2, 0.25) is 0 Å². The predicted molar refractivity (Wildman–Crippen MR) is 133 cm³/mol. The van der Waals surface area contributed by atoms with Crippen molar-refractivity contribution in [2.24, 2.45) is 10.5 Å². The molecule has 0 aromatic carbocycles. The zero-order chi connectivity index (χ0) is 25.1. The van der Waals surface area contributed by atoms with Crippen molar-refractivity contribution in [2.75, 3.05) is 13.1 Å². The summed E-state index contributed by atoms with van der Waals surface area (Å²) >= 11 is 0. The van der Waals surface area contributed by atoms with Gasteiger partial charge in [-0.15, -0.1) is 0 Å². The number of fused-ring (bicyclic) bond motifs is 4. The summed E-state index contributed by atoms with van der Waals surface area (Å²) in [5, 5.41) is 6.54. The summed E-state index contributed by atoms with van der Waals surface area (Å²) in [4.78, 5) is 50.3. The molecule has 3 aliphatic carbocycles. The Hall–Kier alpha value is -3.07. The SMILES string of the molecule is CCCCn1c(=O)c2[nH]c(C34CCC(C(=O)NCCCN=[N+]=[N-])(CC3)CC4)nc2n(CCC)c1=O. The summed E-state index contributed by atoms with van der Waals surface area (Å²) in [6.07, 6.45) is 7.85. The van der Waals surface area contributed by atoms with Crippen LogP contribution in [0.4, 0.5) is 0 Å². The van der Waals surface area contributed by atoms with Crippen LogP contribution in [-0.2, 0) is 23.3 Å². The first-order valence-corrected chi connectivity index (χ1v) is 12.9. The normalized spacial score (nSPS) is 23.4. The van der Waals surface area contributed by atoms with Crippen LogP contribution < -0.4 is 16.6 Å². The van der Waals surface area contributed by atoms with E-state index in [1.165, 1.54) is 4.57 Å². The van der Waals surface area contributed by atoms with Gasteiger partial charge >= 0.3 is 5.69 Å². The van der Waals surface area contributed by atoms with Crippen LogP contribution in [-0.4, -0.2) is 38.1 Å². The lowest BCUT2D eigenvalue weighted by molar-refractivity contribution is -0.138. The molecule has 5 rings (SSSR count). The Morgan fingerprint density at radius 1 is 1.09 bits per heavy atom. The molecular formula is C24H36N8O3. The number of imidazole rings is 1. The Morgan fingerprint density at radius 3 is 2.43 bits per heavy atom. The van der Waals surface area contributed by atoms with Crippen LogP contribution in [0.1, 0.15) is 83.9 Å². The lowest BCUT2D eigenvalue weighted by atomic mass is 9.53. The fraction of sp³-hybridized carbons (Fsp3) is 0.750. The summed E-state index contributed by atoms with van der Waals surface area (Å²) < 4.78 is 2.99. The van der Waals surface area contributed by atoms with Gasteiger partial charge in [0.15, 0.2) is 5.65 Å². The average Bonchev–Trinajstić information content (AvgIpc) is 3.34. The Bertz CT molecular complexity index is 1230. The monoisotopic (exact) mass is 484 g/mol. The number of aryl methyl sites for hydroxylation is 1. The molecule has 11 heteroatoms. The topological polar surface area (TPSA) is 151 Å². The summed E-state index contributed by atoms with van der Waals surface area (Å²) in [6.45, 7) is 5.86. The number of azide groups is 1. The average molecular weight is 485 g/mol. The number of nitrogens with zero attached hydrogens (tertiary/aromatic N) is 6. The Balaban J connectivity index is 1.58. The summed E-state index contributed by atoms with van der Waals surface area (Å²) in [6, 6.07) is 0. The molecule has 2 aromatic rings. The van der Waals surface area contributed by atoms with Gasteiger partial charge in [0.1, 0.15) is 11.3 Å². The van der Waals surface area contributed by atoms with E-state index in [9.17, 15) is 14.4 Å². The molecule has 35 heavy (non-hydrogen) atoms. The number of rotatable bonds is 11. The number of aromatic nitrogens is 4. The molecular weight excluding hydrogens is 448 g/mol. The first-order chi connectivity index (χ1) is 16.9. The van der Waals surface area contributed by atoms with Gasteiger partial charge in [0.25, 0.3) is 5.56 Å². The third-order valence-electron chi connectivity index (χ3n) is 8.06. The Kier molecular flexibility index (Phi) is 7.35. The lowest BCUT2D eigenvalue weighted by Gasteiger charge is -2.51. The number of hydrogen-bond donors (Lipinski definition) is 2. The summed E-state index contributed by atoms with van der Waals surface area (Å²) in [5.74, 6) is 0.872. The number of nitrogens with one attached hydrogen (secondary N) is 2. The fourth-order valence-corrected chi connectivity index (χ4v) is 5.82. The van der Waals surface area contributed by atoms with Crippen molar-refractivity contribution < 1.29 is 4.79 Å². The zero-order valence-electron chi connectivity index (χ0n) is 20.8. The van der Waals surface area contributed by atoms with E-state index < -0.39 is 0 Å². The fourth-order valence-electron chi connectivity index (χ4n) is 5.82. The Morgan fingerprint density at radius 2 is 1.80 bits per heavy atom. The van der Waals surface area contributed by atoms with Crippen molar-refractivity contribution in [3.8, 4) is 0 Å². The van der Waals surface area contributed by atoms with Gasteiger partial charge in [0.05, 0.1) is 0 Å². The number of amides is 1. The third-order valence-corrected chi connectivity index (χ3v) is 8.06. The highest BCUT2D eigenvalue weighted by molar-refractivity contribution is 5.83. The molecule has 0 aliphatic heterocycles. The van der Waals surface area contributed by atoms with E-state index in [2.05, 4.69) is 20.3 Å². The van der Waals surface area contributed by atoms with Crippen LogP contribution in [0.15, 0.2) is 14.7 Å². The molecule has 2 aromatic heterocycles. The minimum absolute atomic E-state index is 0.0898. The Labute approximate surface area is 203 Å². The first kappa shape index (κ1) is 25.0. The van der Waals surface area contributed by atoms with E-state index in [-0.39, 0.29) is 28.0 Å². The van der Waals surface area contributed by atoms with E-state index in [0.717, 1.165) is 63.6 Å². The molecule has 0 radical (unpaired) electrons. The molecule has 2 N–H and O–H groups in total.